The highest BCUT2D eigenvalue weighted by atomic mass is 31.2. The fourth-order valence-electron chi connectivity index (χ4n) is 5.91. The summed E-state index contributed by atoms with van der Waals surface area (Å²) in [6.07, 6.45) is 29.6. The molecule has 0 radical (unpaired) electrons. The molecule has 0 fully saturated rings. The van der Waals surface area contributed by atoms with E-state index < -0.39 is 32.6 Å². The van der Waals surface area contributed by atoms with Gasteiger partial charge in [-0.25, -0.2) is 14.5 Å². The lowest BCUT2D eigenvalue weighted by Gasteiger charge is -2.26. The molecule has 13 nitrogen and oxygen atoms in total. The van der Waals surface area contributed by atoms with Gasteiger partial charge >= 0.3 is 19.8 Å². The Balaban J connectivity index is 1.63. The minimum atomic E-state index is -4.41. The fourth-order valence-corrected chi connectivity index (χ4v) is 6.63. The van der Waals surface area contributed by atoms with Crippen LogP contribution in [0.15, 0.2) is 37.4 Å². The van der Waals surface area contributed by atoms with Gasteiger partial charge in [-0.3, -0.25) is 18.6 Å². The quantitative estimate of drug-likeness (QED) is 0.0320. The highest BCUT2D eigenvalue weighted by Gasteiger charge is 2.30. The van der Waals surface area contributed by atoms with Gasteiger partial charge in [-0.05, 0) is 32.6 Å². The number of quaternary nitrogens is 1. The van der Waals surface area contributed by atoms with E-state index in [1.807, 2.05) is 58.6 Å². The zero-order valence-corrected chi connectivity index (χ0v) is 34.2. The van der Waals surface area contributed by atoms with E-state index in [2.05, 4.69) is 19.1 Å². The molecule has 3 atom stereocenters. The summed E-state index contributed by atoms with van der Waals surface area (Å²) in [6, 6.07) is 0. The standard InChI is InChI=1S/C39H70N5O8P/c1-36(51-38(45)23-19-15-11-7-5-9-13-17-21-27-42-29-25-40-34-42)37(33-50-53(47,48)49-32-31-44(2,3)4)52-39(46)24-20-16-12-8-6-10-14-18-22-28-43-30-26-41-35-43/h25-26,29-30,34-37H,5-24,27-28,31-33H2,1-4H3/p+1. The molecule has 3 unspecified atom stereocenters. The number of unbranched alkanes of at least 4 members (excludes halogenated alkanes) is 16. The normalized spacial score (nSPS) is 14.1. The molecule has 2 aromatic heterocycles. The van der Waals surface area contributed by atoms with Crippen molar-refractivity contribution in [3.05, 3.63) is 37.4 Å². The number of aromatic nitrogens is 4. The van der Waals surface area contributed by atoms with Crippen LogP contribution in [0.3, 0.4) is 0 Å². The molecule has 0 amide bonds. The number of imidazole rings is 2. The van der Waals surface area contributed by atoms with E-state index in [-0.39, 0.29) is 25.4 Å². The van der Waals surface area contributed by atoms with E-state index in [1.54, 1.807) is 6.92 Å². The molecule has 0 saturated carbocycles. The van der Waals surface area contributed by atoms with Crippen LogP contribution in [-0.2, 0) is 45.8 Å². The Kier molecular flexibility index (Phi) is 24.5. The first-order valence-electron chi connectivity index (χ1n) is 20.2. The third kappa shape index (κ3) is 26.0. The predicted octanol–water partition coefficient (Wildman–Crippen LogP) is 8.27. The Bertz CT molecular complexity index is 1240. The molecule has 2 heterocycles. The minimum Gasteiger partial charge on any atom is -0.459 e. The number of carbonyl (C=O) groups is 2. The van der Waals surface area contributed by atoms with Crippen LogP contribution in [0.4, 0.5) is 0 Å². The highest BCUT2D eigenvalue weighted by molar-refractivity contribution is 7.47. The lowest BCUT2D eigenvalue weighted by atomic mass is 10.1. The maximum absolute atomic E-state index is 12.8. The number of esters is 2. The number of likely N-dealkylation sites (N-methyl/N-ethyl adjacent to an activating group) is 1. The van der Waals surface area contributed by atoms with E-state index >= 15 is 0 Å². The summed E-state index contributed by atoms with van der Waals surface area (Å²) >= 11 is 0. The molecule has 0 saturated heterocycles. The van der Waals surface area contributed by atoms with Crippen LogP contribution in [0.25, 0.3) is 0 Å². The Morgan fingerprint density at radius 1 is 0.660 bits per heavy atom. The van der Waals surface area contributed by atoms with Crippen molar-refractivity contribution < 1.29 is 42.1 Å². The third-order valence-corrected chi connectivity index (χ3v) is 10.2. The summed E-state index contributed by atoms with van der Waals surface area (Å²) in [4.78, 5) is 43.9. The Labute approximate surface area is 319 Å². The first-order valence-corrected chi connectivity index (χ1v) is 21.7. The number of ether oxygens (including phenoxy) is 2. The van der Waals surface area contributed by atoms with Gasteiger partial charge in [0.1, 0.15) is 19.3 Å². The van der Waals surface area contributed by atoms with Crippen LogP contribution < -0.4 is 0 Å². The van der Waals surface area contributed by atoms with Gasteiger partial charge in [0.15, 0.2) is 6.10 Å². The predicted molar refractivity (Wildman–Crippen MR) is 207 cm³/mol. The summed E-state index contributed by atoms with van der Waals surface area (Å²) in [6.45, 7) is 3.75. The molecular weight excluding hydrogens is 697 g/mol. The summed E-state index contributed by atoms with van der Waals surface area (Å²) in [5.41, 5.74) is 0. The molecule has 0 aliphatic carbocycles. The zero-order valence-electron chi connectivity index (χ0n) is 33.3. The average Bonchev–Trinajstić information content (AvgIpc) is 3.82. The number of hydrogen-bond acceptors (Lipinski definition) is 9. The number of phosphoric ester groups is 1. The molecule has 0 bridgehead atoms. The van der Waals surface area contributed by atoms with Crippen molar-refractivity contribution in [2.24, 2.45) is 0 Å². The topological polar surface area (TPSA) is 144 Å². The zero-order chi connectivity index (χ0) is 38.6. The van der Waals surface area contributed by atoms with Crippen molar-refractivity contribution in [3.8, 4) is 0 Å². The number of hydrogen-bond donors (Lipinski definition) is 1. The van der Waals surface area contributed by atoms with Crippen LogP contribution in [0, 0.1) is 0 Å². The van der Waals surface area contributed by atoms with Crippen molar-refractivity contribution in [1.29, 1.82) is 0 Å². The number of nitrogens with zero attached hydrogens (tertiary/aromatic N) is 5. The number of carbonyl (C=O) groups excluding carboxylic acids is 2. The minimum absolute atomic E-state index is 0.0194. The van der Waals surface area contributed by atoms with Gasteiger partial charge in [0, 0.05) is 50.7 Å². The number of rotatable bonds is 34. The van der Waals surface area contributed by atoms with E-state index in [4.69, 9.17) is 18.5 Å². The Morgan fingerprint density at radius 2 is 1.08 bits per heavy atom. The first-order chi connectivity index (χ1) is 25.4. The smallest absolute Gasteiger partial charge is 0.459 e. The van der Waals surface area contributed by atoms with E-state index in [0.29, 0.717) is 17.4 Å². The number of phosphoric acid groups is 1. The molecule has 0 aromatic carbocycles. The second-order valence-electron chi connectivity index (χ2n) is 15.3. The second kappa shape index (κ2) is 27.9. The molecule has 0 aliphatic rings. The van der Waals surface area contributed by atoms with Crippen LogP contribution in [-0.4, -0.2) is 93.5 Å². The summed E-state index contributed by atoms with van der Waals surface area (Å²) < 4.78 is 39.0. The monoisotopic (exact) mass is 769 g/mol. The largest absolute Gasteiger partial charge is 0.472 e. The number of aryl methyl sites for hydroxylation is 2. The van der Waals surface area contributed by atoms with Crippen molar-refractivity contribution in [3.63, 3.8) is 0 Å². The van der Waals surface area contributed by atoms with E-state index in [9.17, 15) is 19.0 Å². The van der Waals surface area contributed by atoms with Gasteiger partial charge in [-0.2, -0.15) is 0 Å². The lowest BCUT2D eigenvalue weighted by molar-refractivity contribution is -0.870. The lowest BCUT2D eigenvalue weighted by Crippen LogP contribution is -2.38. The van der Waals surface area contributed by atoms with Gasteiger partial charge < -0.3 is 28.0 Å². The van der Waals surface area contributed by atoms with Crippen LogP contribution in [0.2, 0.25) is 0 Å². The SMILES string of the molecule is CC(OC(=O)CCCCCCCCCCCn1ccnc1)C(COP(=O)(O)OCC[N+](C)(C)C)OC(=O)CCCCCCCCCCCn1ccnc1. The molecule has 1 N–H and O–H groups in total. The van der Waals surface area contributed by atoms with Gasteiger partial charge in [0.05, 0.1) is 40.4 Å². The summed E-state index contributed by atoms with van der Waals surface area (Å²) in [5.74, 6) is -0.836. The maximum atomic E-state index is 12.8. The average molecular weight is 769 g/mol. The molecule has 53 heavy (non-hydrogen) atoms. The van der Waals surface area contributed by atoms with Crippen molar-refractivity contribution >= 4 is 19.8 Å². The van der Waals surface area contributed by atoms with Gasteiger partial charge in [0.2, 0.25) is 0 Å². The molecule has 0 spiro atoms. The van der Waals surface area contributed by atoms with Gasteiger partial charge in [0.25, 0.3) is 0 Å². The maximum Gasteiger partial charge on any atom is 0.472 e. The van der Waals surface area contributed by atoms with Gasteiger partial charge in [-0.15, -0.1) is 0 Å². The van der Waals surface area contributed by atoms with Crippen molar-refractivity contribution in [2.45, 2.75) is 161 Å². The van der Waals surface area contributed by atoms with Crippen molar-refractivity contribution in [2.75, 3.05) is 40.9 Å². The molecule has 2 aromatic rings. The molecule has 14 heteroatoms. The van der Waals surface area contributed by atoms with Crippen LogP contribution in [0.5, 0.6) is 0 Å². The van der Waals surface area contributed by atoms with Crippen molar-refractivity contribution in [1.82, 2.24) is 19.1 Å². The molecule has 0 aliphatic heterocycles. The molecular formula is C39H71N5O8P+. The second-order valence-corrected chi connectivity index (χ2v) is 16.8. The first kappa shape index (κ1) is 46.6. The third-order valence-electron chi connectivity index (χ3n) is 9.26. The van der Waals surface area contributed by atoms with Crippen LogP contribution >= 0.6 is 7.82 Å². The Morgan fingerprint density at radius 3 is 1.49 bits per heavy atom. The van der Waals surface area contributed by atoms with Crippen LogP contribution in [0.1, 0.15) is 135 Å². The van der Waals surface area contributed by atoms with E-state index in [0.717, 1.165) is 64.5 Å². The fraction of sp³-hybridized carbons (Fsp3) is 0.795. The molecule has 304 valence electrons. The summed E-state index contributed by atoms with van der Waals surface area (Å²) in [5, 5.41) is 0. The highest BCUT2D eigenvalue weighted by Crippen LogP contribution is 2.43. The summed E-state index contributed by atoms with van der Waals surface area (Å²) in [7, 11) is 1.42. The van der Waals surface area contributed by atoms with E-state index in [1.165, 1.54) is 57.8 Å². The Hall–Kier alpha value is -2.57. The molecule has 2 rings (SSSR count). The van der Waals surface area contributed by atoms with Gasteiger partial charge in [-0.1, -0.05) is 89.9 Å².